The molecule has 96 valence electrons. The van der Waals surface area contributed by atoms with Gasteiger partial charge in [0.25, 0.3) is 6.29 Å². The number of carboxylic acids is 1. The zero-order chi connectivity index (χ0) is 13.1. The number of hydrogen-bond donors (Lipinski definition) is 0. The summed E-state index contributed by atoms with van der Waals surface area (Å²) in [6.07, 6.45) is -1.43. The van der Waals surface area contributed by atoms with E-state index in [0.29, 0.717) is 10.1 Å². The summed E-state index contributed by atoms with van der Waals surface area (Å²) in [5.41, 5.74) is 2.03. The number of hydrogen-bond acceptors (Lipinski definition) is 6. The van der Waals surface area contributed by atoms with Gasteiger partial charge in [-0.3, -0.25) is 0 Å². The molecule has 0 aromatic carbocycles. The second-order valence-corrected chi connectivity index (χ2v) is 5.52. The maximum atomic E-state index is 11.0. The van der Waals surface area contributed by atoms with Gasteiger partial charge >= 0.3 is 29.6 Å². The molecule has 0 atom stereocenters. The Labute approximate surface area is 141 Å². The minimum atomic E-state index is -1.43. The SMILES string of the molecule is Cc1csc(OC(Oc2cc(C)cs2)C(=O)[O-])c1.[Na+]. The first kappa shape index (κ1) is 16.5. The number of carbonyl (C=O) groups is 1. The predicted octanol–water partition coefficient (Wildman–Crippen LogP) is -1.04. The number of carboxylic acid groups (broad SMARTS) is 1. The fourth-order valence-corrected chi connectivity index (χ4v) is 2.80. The molecule has 4 nitrogen and oxygen atoms in total. The van der Waals surface area contributed by atoms with Crippen molar-refractivity contribution in [2.45, 2.75) is 20.1 Å². The molecular weight excluding hydrogens is 295 g/mol. The molecule has 0 amide bonds. The predicted molar refractivity (Wildman–Crippen MR) is 68.2 cm³/mol. The van der Waals surface area contributed by atoms with Crippen molar-refractivity contribution >= 4 is 28.6 Å². The van der Waals surface area contributed by atoms with Gasteiger partial charge in [-0.15, -0.1) is 22.7 Å². The number of thiophene rings is 2. The van der Waals surface area contributed by atoms with Crippen LogP contribution in [0.25, 0.3) is 0 Å². The zero-order valence-corrected chi connectivity index (χ0v) is 14.5. The molecule has 2 aromatic rings. The van der Waals surface area contributed by atoms with Crippen molar-refractivity contribution in [3.63, 3.8) is 0 Å². The Morgan fingerprint density at radius 2 is 1.53 bits per heavy atom. The summed E-state index contributed by atoms with van der Waals surface area (Å²) in [6, 6.07) is 3.51. The van der Waals surface area contributed by atoms with Gasteiger partial charge < -0.3 is 19.4 Å². The smallest absolute Gasteiger partial charge is 0.543 e. The van der Waals surface area contributed by atoms with E-state index in [1.807, 2.05) is 24.6 Å². The molecule has 0 aliphatic heterocycles. The molecule has 0 saturated heterocycles. The van der Waals surface area contributed by atoms with Gasteiger partial charge in [0, 0.05) is 0 Å². The van der Waals surface area contributed by atoms with E-state index in [2.05, 4.69) is 0 Å². The van der Waals surface area contributed by atoms with Gasteiger partial charge in [0.2, 0.25) is 0 Å². The Morgan fingerprint density at radius 3 is 1.79 bits per heavy atom. The number of carbonyl (C=O) groups excluding carboxylic acids is 1. The van der Waals surface area contributed by atoms with Crippen molar-refractivity contribution in [1.82, 2.24) is 0 Å². The van der Waals surface area contributed by atoms with Gasteiger partial charge in [0.05, 0.1) is 0 Å². The molecule has 0 saturated carbocycles. The van der Waals surface area contributed by atoms with Crippen LogP contribution in [-0.2, 0) is 4.79 Å². The third kappa shape index (κ3) is 4.81. The van der Waals surface area contributed by atoms with E-state index in [4.69, 9.17) is 9.47 Å². The topological polar surface area (TPSA) is 58.6 Å². The molecule has 2 aromatic heterocycles. The first-order valence-electron chi connectivity index (χ1n) is 5.19. The molecular formula is C12H11NaO4S2. The van der Waals surface area contributed by atoms with E-state index >= 15 is 0 Å². The Kier molecular flexibility index (Phi) is 6.35. The van der Waals surface area contributed by atoms with E-state index in [-0.39, 0.29) is 29.6 Å². The van der Waals surface area contributed by atoms with E-state index in [0.717, 1.165) is 11.1 Å². The normalized spacial score (nSPS) is 10.1. The van der Waals surface area contributed by atoms with Crippen molar-refractivity contribution in [1.29, 1.82) is 0 Å². The Morgan fingerprint density at radius 1 is 1.11 bits per heavy atom. The van der Waals surface area contributed by atoms with Crippen molar-refractivity contribution in [3.05, 3.63) is 34.0 Å². The van der Waals surface area contributed by atoms with Crippen LogP contribution in [0.5, 0.6) is 10.1 Å². The van der Waals surface area contributed by atoms with Gasteiger partial charge in [-0.2, -0.15) is 0 Å². The Hall–Kier alpha value is -0.530. The maximum Gasteiger partial charge on any atom is 1.00 e. The molecule has 0 N–H and O–H groups in total. The summed E-state index contributed by atoms with van der Waals surface area (Å²) in [6.45, 7) is 3.81. The molecule has 0 aliphatic carbocycles. The van der Waals surface area contributed by atoms with E-state index < -0.39 is 12.3 Å². The van der Waals surface area contributed by atoms with Gasteiger partial charge in [-0.1, -0.05) is 0 Å². The number of rotatable bonds is 5. The second-order valence-electron chi connectivity index (χ2n) is 3.77. The van der Waals surface area contributed by atoms with Crippen molar-refractivity contribution in [2.24, 2.45) is 0 Å². The van der Waals surface area contributed by atoms with E-state index in [1.165, 1.54) is 22.7 Å². The molecule has 19 heavy (non-hydrogen) atoms. The summed E-state index contributed by atoms with van der Waals surface area (Å²) >= 11 is 2.64. The third-order valence-electron chi connectivity index (χ3n) is 2.05. The second kappa shape index (κ2) is 7.31. The largest absolute Gasteiger partial charge is 1.00 e. The van der Waals surface area contributed by atoms with Crippen molar-refractivity contribution in [2.75, 3.05) is 0 Å². The molecule has 0 radical (unpaired) electrons. The van der Waals surface area contributed by atoms with Crippen LogP contribution in [0.3, 0.4) is 0 Å². The van der Waals surface area contributed by atoms with Crippen molar-refractivity contribution in [3.8, 4) is 10.1 Å². The van der Waals surface area contributed by atoms with Crippen LogP contribution in [0.4, 0.5) is 0 Å². The molecule has 0 spiro atoms. The number of aliphatic carboxylic acids is 1. The van der Waals surface area contributed by atoms with Crippen LogP contribution < -0.4 is 44.1 Å². The Balaban J connectivity index is 0.00000180. The molecule has 0 unspecified atom stereocenters. The molecule has 7 heteroatoms. The van der Waals surface area contributed by atoms with Crippen LogP contribution in [0, 0.1) is 13.8 Å². The van der Waals surface area contributed by atoms with E-state index in [1.54, 1.807) is 12.1 Å². The van der Waals surface area contributed by atoms with Crippen LogP contribution >= 0.6 is 22.7 Å². The standard InChI is InChI=1S/C12H12O4S2.Na/c1-7-3-9(17-5-7)15-12(11(13)14)16-10-4-8(2)6-18-10;/h3-6,12H,1-2H3,(H,13,14);/q;+1/p-1. The maximum absolute atomic E-state index is 11.0. The van der Waals surface area contributed by atoms with Crippen LogP contribution in [0.1, 0.15) is 11.1 Å². The van der Waals surface area contributed by atoms with Gasteiger partial charge in [-0.25, -0.2) is 0 Å². The van der Waals surface area contributed by atoms with Crippen LogP contribution in [0.2, 0.25) is 0 Å². The molecule has 0 bridgehead atoms. The quantitative estimate of drug-likeness (QED) is 0.523. The first-order chi connectivity index (χ1) is 8.54. The van der Waals surface area contributed by atoms with Crippen molar-refractivity contribution < 1.29 is 48.9 Å². The van der Waals surface area contributed by atoms with Crippen LogP contribution in [-0.4, -0.2) is 12.3 Å². The van der Waals surface area contributed by atoms with E-state index in [9.17, 15) is 9.90 Å². The number of aryl methyl sites for hydroxylation is 2. The minimum Gasteiger partial charge on any atom is -0.543 e. The molecule has 2 rings (SSSR count). The minimum absolute atomic E-state index is 0. The molecule has 0 fully saturated rings. The molecule has 0 aliphatic rings. The van der Waals surface area contributed by atoms with Gasteiger partial charge in [0.15, 0.2) is 10.1 Å². The average molecular weight is 306 g/mol. The summed E-state index contributed by atoms with van der Waals surface area (Å²) in [5.74, 6) is -1.40. The fourth-order valence-electron chi connectivity index (χ4n) is 1.26. The first-order valence-corrected chi connectivity index (χ1v) is 6.95. The number of ether oxygens (including phenoxy) is 2. The van der Waals surface area contributed by atoms with Gasteiger partial charge in [-0.05, 0) is 47.9 Å². The fraction of sp³-hybridized carbons (Fsp3) is 0.250. The van der Waals surface area contributed by atoms with Gasteiger partial charge in [0.1, 0.15) is 5.97 Å². The summed E-state index contributed by atoms with van der Waals surface area (Å²) in [7, 11) is 0. The van der Waals surface area contributed by atoms with Crippen LogP contribution in [0.15, 0.2) is 22.9 Å². The summed E-state index contributed by atoms with van der Waals surface area (Å²) in [4.78, 5) is 11.0. The monoisotopic (exact) mass is 306 g/mol. The Bertz CT molecular complexity index is 507. The summed E-state index contributed by atoms with van der Waals surface area (Å²) < 4.78 is 10.5. The average Bonchev–Trinajstić information content (AvgIpc) is 2.87. The summed E-state index contributed by atoms with van der Waals surface area (Å²) in [5, 5.41) is 15.7. The third-order valence-corrected chi connectivity index (χ3v) is 3.92. The molecule has 2 heterocycles. The zero-order valence-electron chi connectivity index (χ0n) is 10.8.